The second-order valence-corrected chi connectivity index (χ2v) is 8.65. The largest absolute Gasteiger partial charge is 0.457 e. The van der Waals surface area contributed by atoms with Gasteiger partial charge in [0.25, 0.3) is 5.91 Å². The van der Waals surface area contributed by atoms with E-state index in [9.17, 15) is 4.79 Å². The van der Waals surface area contributed by atoms with Gasteiger partial charge in [0, 0.05) is 17.0 Å². The van der Waals surface area contributed by atoms with E-state index >= 15 is 0 Å². The molecule has 5 nitrogen and oxygen atoms in total. The van der Waals surface area contributed by atoms with E-state index in [1.54, 1.807) is 11.3 Å². The van der Waals surface area contributed by atoms with Crippen LogP contribution < -0.4 is 15.5 Å². The molecule has 0 radical (unpaired) electrons. The fourth-order valence-electron chi connectivity index (χ4n) is 3.78. The topological polar surface area (TPSA) is 58.7 Å². The molecule has 4 heterocycles. The SMILES string of the molecule is C[NH+]1CCc2c(sc3c2C(=O)N[C@H](c2ccc(-c4cccc(Cl)c4)o2)N3)C1. The maximum absolute atomic E-state index is 12.8. The van der Waals surface area contributed by atoms with Gasteiger partial charge in [0.2, 0.25) is 0 Å². The monoisotopic (exact) mass is 400 g/mol. The Bertz CT molecular complexity index is 1040. The maximum atomic E-state index is 12.8. The molecule has 2 aromatic heterocycles. The predicted molar refractivity (Wildman–Crippen MR) is 106 cm³/mol. The normalized spacial score (nSPS) is 21.2. The van der Waals surface area contributed by atoms with Gasteiger partial charge in [0.05, 0.1) is 24.0 Å². The summed E-state index contributed by atoms with van der Waals surface area (Å²) in [5.41, 5.74) is 2.94. The van der Waals surface area contributed by atoms with Crippen LogP contribution in [-0.2, 0) is 13.0 Å². The Kier molecular flexibility index (Phi) is 4.00. The number of benzene rings is 1. The van der Waals surface area contributed by atoms with Crippen LogP contribution in [0.5, 0.6) is 0 Å². The molecule has 0 aliphatic carbocycles. The summed E-state index contributed by atoms with van der Waals surface area (Å²) in [6.07, 6.45) is 0.579. The fraction of sp³-hybridized carbons (Fsp3) is 0.250. The van der Waals surface area contributed by atoms with Crippen molar-refractivity contribution in [2.75, 3.05) is 18.9 Å². The van der Waals surface area contributed by atoms with Gasteiger partial charge >= 0.3 is 0 Å². The summed E-state index contributed by atoms with van der Waals surface area (Å²) in [6.45, 7) is 2.04. The molecule has 2 aliphatic rings. The minimum absolute atomic E-state index is 0.0218. The Labute approximate surface area is 165 Å². The number of likely N-dealkylation sites (N-methyl/N-ethyl adjacent to an activating group) is 1. The molecule has 3 aromatic rings. The number of hydrogen-bond acceptors (Lipinski definition) is 4. The van der Waals surface area contributed by atoms with Crippen molar-refractivity contribution in [2.24, 2.45) is 0 Å². The standard InChI is InChI=1S/C20H18ClN3O2S/c1-24-8-7-13-16(10-24)27-20-17(13)19(25)22-18(23-20)15-6-5-14(26-15)11-3-2-4-12(21)9-11/h2-6,9,18,23H,7-8,10H2,1H3,(H,22,25)/p+1/t18-/m0/s1. The molecular formula is C20H19ClN3O2S+. The van der Waals surface area contributed by atoms with Gasteiger partial charge in [0.1, 0.15) is 23.1 Å². The number of halogens is 1. The quantitative estimate of drug-likeness (QED) is 0.619. The highest BCUT2D eigenvalue weighted by Gasteiger charge is 2.34. The number of fused-ring (bicyclic) bond motifs is 3. The van der Waals surface area contributed by atoms with Gasteiger partial charge in [-0.1, -0.05) is 23.7 Å². The lowest BCUT2D eigenvalue weighted by molar-refractivity contribution is -0.895. The van der Waals surface area contributed by atoms with Crippen LogP contribution in [0.2, 0.25) is 5.02 Å². The Morgan fingerprint density at radius 1 is 1.26 bits per heavy atom. The van der Waals surface area contributed by atoms with E-state index in [1.165, 1.54) is 15.3 Å². The predicted octanol–water partition coefficient (Wildman–Crippen LogP) is 3.09. The summed E-state index contributed by atoms with van der Waals surface area (Å²) in [6, 6.07) is 11.3. The molecule has 2 atom stereocenters. The highest BCUT2D eigenvalue weighted by atomic mass is 35.5. The zero-order chi connectivity index (χ0) is 18.5. The molecule has 1 amide bonds. The first-order chi connectivity index (χ1) is 13.1. The molecule has 5 rings (SSSR count). The van der Waals surface area contributed by atoms with Crippen LogP contribution in [0.4, 0.5) is 5.00 Å². The Morgan fingerprint density at radius 3 is 3.00 bits per heavy atom. The number of quaternary nitrogens is 1. The molecule has 1 unspecified atom stereocenters. The first kappa shape index (κ1) is 16.9. The molecule has 1 aromatic carbocycles. The number of carbonyl (C=O) groups is 1. The zero-order valence-electron chi connectivity index (χ0n) is 14.8. The van der Waals surface area contributed by atoms with Crippen LogP contribution in [0.1, 0.15) is 32.7 Å². The second-order valence-electron chi connectivity index (χ2n) is 7.10. The second kappa shape index (κ2) is 6.41. The van der Waals surface area contributed by atoms with Gasteiger partial charge in [-0.15, -0.1) is 11.3 Å². The number of furan rings is 1. The summed E-state index contributed by atoms with van der Waals surface area (Å²) < 4.78 is 6.01. The van der Waals surface area contributed by atoms with Crippen molar-refractivity contribution in [3.05, 3.63) is 63.2 Å². The zero-order valence-corrected chi connectivity index (χ0v) is 16.3. The van der Waals surface area contributed by atoms with Crippen molar-refractivity contribution < 1.29 is 14.1 Å². The Balaban J connectivity index is 1.45. The highest BCUT2D eigenvalue weighted by Crippen LogP contribution is 2.39. The first-order valence-corrected chi connectivity index (χ1v) is 10.2. The number of hydrogen-bond donors (Lipinski definition) is 3. The minimum Gasteiger partial charge on any atom is -0.457 e. The van der Waals surface area contributed by atoms with Crippen molar-refractivity contribution in [2.45, 2.75) is 19.1 Å². The summed E-state index contributed by atoms with van der Waals surface area (Å²) >= 11 is 7.77. The maximum Gasteiger partial charge on any atom is 0.256 e. The molecule has 3 N–H and O–H groups in total. The van der Waals surface area contributed by atoms with Crippen LogP contribution in [0.3, 0.4) is 0 Å². The number of rotatable bonds is 2. The van der Waals surface area contributed by atoms with Gasteiger partial charge < -0.3 is 20.0 Å². The lowest BCUT2D eigenvalue weighted by Gasteiger charge is -2.25. The summed E-state index contributed by atoms with van der Waals surface area (Å²) in [4.78, 5) is 15.6. The third-order valence-corrected chi connectivity index (χ3v) is 6.55. The van der Waals surface area contributed by atoms with Gasteiger partial charge in [-0.05, 0) is 29.8 Å². The molecule has 7 heteroatoms. The minimum atomic E-state index is -0.372. The summed E-state index contributed by atoms with van der Waals surface area (Å²) in [7, 11) is 2.19. The van der Waals surface area contributed by atoms with Gasteiger partial charge in [0.15, 0.2) is 6.17 Å². The molecule has 138 valence electrons. The number of carbonyl (C=O) groups excluding carboxylic acids is 1. The number of nitrogens with one attached hydrogen (secondary N) is 3. The van der Waals surface area contributed by atoms with Crippen molar-refractivity contribution >= 4 is 33.8 Å². The first-order valence-electron chi connectivity index (χ1n) is 8.97. The number of thiophene rings is 1. The van der Waals surface area contributed by atoms with E-state index in [4.69, 9.17) is 16.0 Å². The van der Waals surface area contributed by atoms with Crippen molar-refractivity contribution in [3.8, 4) is 11.3 Å². The van der Waals surface area contributed by atoms with Crippen LogP contribution in [0.25, 0.3) is 11.3 Å². The number of amides is 1. The molecule has 0 saturated heterocycles. The third kappa shape index (κ3) is 2.94. The van der Waals surface area contributed by atoms with E-state index in [0.717, 1.165) is 41.4 Å². The summed E-state index contributed by atoms with van der Waals surface area (Å²) in [5, 5.41) is 8.10. The molecule has 0 spiro atoms. The van der Waals surface area contributed by atoms with Crippen molar-refractivity contribution in [1.82, 2.24) is 5.32 Å². The Hall–Kier alpha value is -2.28. The van der Waals surface area contributed by atoms with Gasteiger partial charge in [-0.2, -0.15) is 0 Å². The van der Waals surface area contributed by atoms with Crippen molar-refractivity contribution in [3.63, 3.8) is 0 Å². The van der Waals surface area contributed by atoms with E-state index in [0.29, 0.717) is 10.8 Å². The van der Waals surface area contributed by atoms with Gasteiger partial charge in [-0.25, -0.2) is 0 Å². The fourth-order valence-corrected chi connectivity index (χ4v) is 5.36. The van der Waals surface area contributed by atoms with Crippen LogP contribution in [-0.4, -0.2) is 19.5 Å². The summed E-state index contributed by atoms with van der Waals surface area (Å²) in [5.74, 6) is 1.38. The van der Waals surface area contributed by atoms with E-state index in [1.807, 2.05) is 36.4 Å². The van der Waals surface area contributed by atoms with E-state index < -0.39 is 0 Å². The lowest BCUT2D eigenvalue weighted by atomic mass is 10.0. The van der Waals surface area contributed by atoms with Crippen molar-refractivity contribution in [1.29, 1.82) is 0 Å². The molecular weight excluding hydrogens is 382 g/mol. The smallest absolute Gasteiger partial charge is 0.256 e. The average Bonchev–Trinajstić information content (AvgIpc) is 3.26. The van der Waals surface area contributed by atoms with Crippen LogP contribution >= 0.6 is 22.9 Å². The van der Waals surface area contributed by atoms with E-state index in [-0.39, 0.29) is 12.1 Å². The highest BCUT2D eigenvalue weighted by molar-refractivity contribution is 7.16. The molecule has 0 saturated carbocycles. The van der Waals surface area contributed by atoms with E-state index in [2.05, 4.69) is 17.7 Å². The third-order valence-electron chi connectivity index (χ3n) is 5.15. The van der Waals surface area contributed by atoms with Crippen LogP contribution in [0, 0.1) is 0 Å². The average molecular weight is 401 g/mol. The lowest BCUT2D eigenvalue weighted by Crippen LogP contribution is -3.08. The molecule has 27 heavy (non-hydrogen) atoms. The van der Waals surface area contributed by atoms with Crippen LogP contribution in [0.15, 0.2) is 40.8 Å². The molecule has 2 aliphatic heterocycles. The van der Waals surface area contributed by atoms with Gasteiger partial charge in [-0.3, -0.25) is 4.79 Å². The molecule has 0 bridgehead atoms. The Morgan fingerprint density at radius 2 is 2.15 bits per heavy atom. The number of anilines is 1. The molecule has 0 fully saturated rings.